The van der Waals surface area contributed by atoms with Crippen LogP contribution in [0.15, 0.2) is 30.5 Å². The number of hydrogen-bond donors (Lipinski definition) is 1. The van der Waals surface area contributed by atoms with Crippen molar-refractivity contribution >= 4 is 41.4 Å². The summed E-state index contributed by atoms with van der Waals surface area (Å²) in [5.41, 5.74) is 0.685. The van der Waals surface area contributed by atoms with Crippen LogP contribution in [0.2, 0.25) is 0 Å². The molecule has 6 heteroatoms. The first kappa shape index (κ1) is 18.5. The third-order valence-electron chi connectivity index (χ3n) is 4.57. The number of nitrogens with zero attached hydrogens (tertiary/aromatic N) is 1. The molecule has 1 unspecified atom stereocenters. The molecule has 2 aromatic rings. The van der Waals surface area contributed by atoms with Crippen molar-refractivity contribution in [3.8, 4) is 5.75 Å². The number of carbonyl (C=O) groups is 1. The molecule has 0 radical (unpaired) electrons. The number of ether oxygens (including phenoxy) is 2. The summed E-state index contributed by atoms with van der Waals surface area (Å²) in [5.74, 6) is 1.24. The Morgan fingerprint density at radius 2 is 1.92 bits per heavy atom. The minimum atomic E-state index is -0.0339. The Kier molecular flexibility index (Phi) is 5.69. The zero-order valence-electron chi connectivity index (χ0n) is 14.7. The Labute approximate surface area is 157 Å². The highest BCUT2D eigenvalue weighted by atomic mass is 35.5. The number of carbonyl (C=O) groups excluding carboxylic acids is 1. The number of aromatic nitrogens is 1. The molecule has 5 nitrogen and oxygen atoms in total. The zero-order valence-corrected chi connectivity index (χ0v) is 15.5. The second-order valence-electron chi connectivity index (χ2n) is 6.25. The van der Waals surface area contributed by atoms with Crippen molar-refractivity contribution in [3.63, 3.8) is 0 Å². The van der Waals surface area contributed by atoms with Crippen molar-refractivity contribution in [1.82, 2.24) is 9.88 Å². The molecule has 1 aliphatic heterocycles. The van der Waals surface area contributed by atoms with Gasteiger partial charge in [0.05, 0.1) is 19.3 Å². The van der Waals surface area contributed by atoms with Gasteiger partial charge in [-0.25, -0.2) is 0 Å². The van der Waals surface area contributed by atoms with E-state index in [1.165, 1.54) is 0 Å². The van der Waals surface area contributed by atoms with E-state index in [9.17, 15) is 4.79 Å². The van der Waals surface area contributed by atoms with Crippen LogP contribution in [-0.2, 0) is 9.53 Å². The van der Waals surface area contributed by atoms with Crippen LogP contribution < -0.4 is 20.8 Å². The maximum Gasteiger partial charge on any atom is 0.224 e. The van der Waals surface area contributed by atoms with Crippen LogP contribution >= 0.6 is 11.6 Å². The summed E-state index contributed by atoms with van der Waals surface area (Å²) in [5, 5.41) is 6.54. The summed E-state index contributed by atoms with van der Waals surface area (Å²) >= 11 is 5.57. The number of alkyl halides is 1. The van der Waals surface area contributed by atoms with Crippen LogP contribution in [0.5, 0.6) is 5.75 Å². The smallest absolute Gasteiger partial charge is 0.224 e. The summed E-state index contributed by atoms with van der Waals surface area (Å²) < 4.78 is 13.1. The van der Waals surface area contributed by atoms with Crippen LogP contribution in [0.25, 0.3) is 23.9 Å². The first-order valence-electron chi connectivity index (χ1n) is 8.60. The summed E-state index contributed by atoms with van der Waals surface area (Å²) in [6, 6.07) is 5.84. The van der Waals surface area contributed by atoms with Gasteiger partial charge in [0.25, 0.3) is 0 Å². The van der Waals surface area contributed by atoms with Crippen molar-refractivity contribution in [2.75, 3.05) is 25.7 Å². The molecule has 1 aliphatic rings. The highest BCUT2D eigenvalue weighted by Gasteiger charge is 2.24. The number of rotatable bonds is 7. The summed E-state index contributed by atoms with van der Waals surface area (Å²) in [7, 11) is 0. The van der Waals surface area contributed by atoms with Crippen LogP contribution in [-0.4, -0.2) is 36.2 Å². The van der Waals surface area contributed by atoms with E-state index in [0.717, 1.165) is 27.2 Å². The van der Waals surface area contributed by atoms with Gasteiger partial charge >= 0.3 is 0 Å². The minimum absolute atomic E-state index is 0.00579. The van der Waals surface area contributed by atoms with Gasteiger partial charge in [0.15, 0.2) is 0 Å². The number of benzene rings is 1. The SMILES string of the molecule is C=C1NC(=O)CCC1n1c(=C)c2ccc(OCCOCCCl)cc2c1=C. The molecule has 1 N–H and O–H groups in total. The molecule has 0 bridgehead atoms. The van der Waals surface area contributed by atoms with Crippen LogP contribution in [0.1, 0.15) is 18.9 Å². The van der Waals surface area contributed by atoms with Gasteiger partial charge in [-0.2, -0.15) is 0 Å². The predicted octanol–water partition coefficient (Wildman–Crippen LogP) is 2.06. The number of nitrogens with one attached hydrogen (secondary N) is 1. The monoisotopic (exact) mass is 374 g/mol. The van der Waals surface area contributed by atoms with Crippen LogP contribution in [0.3, 0.4) is 0 Å². The molecule has 2 heterocycles. The number of fused-ring (bicyclic) bond motifs is 1. The maximum absolute atomic E-state index is 11.6. The predicted molar refractivity (Wildman–Crippen MR) is 105 cm³/mol. The molecular weight excluding hydrogens is 352 g/mol. The Morgan fingerprint density at radius 3 is 2.65 bits per heavy atom. The average Bonchev–Trinajstić information content (AvgIpc) is 2.86. The number of piperidine rings is 1. The third-order valence-corrected chi connectivity index (χ3v) is 4.73. The largest absolute Gasteiger partial charge is 0.491 e. The lowest BCUT2D eigenvalue weighted by molar-refractivity contribution is -0.121. The van der Waals surface area contributed by atoms with E-state index >= 15 is 0 Å². The van der Waals surface area contributed by atoms with E-state index in [-0.39, 0.29) is 11.9 Å². The Hall–Kier alpha value is -2.24. The number of amides is 1. The summed E-state index contributed by atoms with van der Waals surface area (Å²) in [6.07, 6.45) is 1.16. The quantitative estimate of drug-likeness (QED) is 0.596. The van der Waals surface area contributed by atoms with Gasteiger partial charge in [0.2, 0.25) is 5.91 Å². The van der Waals surface area contributed by atoms with E-state index in [1.54, 1.807) is 0 Å². The lowest BCUT2D eigenvalue weighted by Gasteiger charge is -2.27. The molecule has 3 rings (SSSR count). The van der Waals surface area contributed by atoms with Crippen molar-refractivity contribution in [3.05, 3.63) is 41.2 Å². The van der Waals surface area contributed by atoms with Crippen molar-refractivity contribution < 1.29 is 14.3 Å². The van der Waals surface area contributed by atoms with Gasteiger partial charge in [-0.1, -0.05) is 19.7 Å². The second-order valence-corrected chi connectivity index (χ2v) is 6.63. The van der Waals surface area contributed by atoms with Crippen molar-refractivity contribution in [2.24, 2.45) is 0 Å². The fourth-order valence-corrected chi connectivity index (χ4v) is 3.44. The molecule has 1 atom stereocenters. The first-order valence-corrected chi connectivity index (χ1v) is 9.13. The highest BCUT2D eigenvalue weighted by molar-refractivity contribution is 6.17. The van der Waals surface area contributed by atoms with Gasteiger partial charge in [0, 0.05) is 39.5 Å². The standard InChI is InChI=1S/C20H23ClN2O3/c1-13-19(6-7-20(24)22-13)23-14(2)17-5-4-16(12-18(17)15(23)3)26-11-10-25-9-8-21/h4-5,12,19H,1-3,6-11H2,(H,22,24). The van der Waals surface area contributed by atoms with Crippen LogP contribution in [0.4, 0.5) is 0 Å². The molecular formula is C20H23ClN2O3. The molecule has 1 fully saturated rings. The van der Waals surface area contributed by atoms with E-state index in [1.807, 2.05) is 18.2 Å². The highest BCUT2D eigenvalue weighted by Crippen LogP contribution is 2.24. The molecule has 0 aliphatic carbocycles. The minimum Gasteiger partial charge on any atom is -0.491 e. The number of hydrogen-bond acceptors (Lipinski definition) is 3. The molecule has 138 valence electrons. The fraction of sp³-hybridized carbons (Fsp3) is 0.350. The van der Waals surface area contributed by atoms with E-state index < -0.39 is 0 Å². The maximum atomic E-state index is 11.6. The third kappa shape index (κ3) is 3.64. The molecule has 1 saturated heterocycles. The Bertz CT molecular complexity index is 935. The normalized spacial score (nSPS) is 17.5. The topological polar surface area (TPSA) is 52.5 Å². The molecule has 1 amide bonds. The summed E-state index contributed by atoms with van der Waals surface area (Å²) in [4.78, 5) is 11.6. The fourth-order valence-electron chi connectivity index (χ4n) is 3.33. The van der Waals surface area contributed by atoms with Gasteiger partial charge in [-0.3, -0.25) is 4.79 Å². The van der Waals surface area contributed by atoms with Crippen molar-refractivity contribution in [2.45, 2.75) is 18.9 Å². The second kappa shape index (κ2) is 7.98. The van der Waals surface area contributed by atoms with E-state index in [2.05, 4.69) is 29.6 Å². The van der Waals surface area contributed by atoms with Crippen molar-refractivity contribution in [1.29, 1.82) is 0 Å². The summed E-state index contributed by atoms with van der Waals surface area (Å²) in [6.45, 7) is 13.9. The van der Waals surface area contributed by atoms with E-state index in [4.69, 9.17) is 21.1 Å². The van der Waals surface area contributed by atoms with Gasteiger partial charge in [-0.15, -0.1) is 11.6 Å². The molecule has 0 saturated carbocycles. The first-order chi connectivity index (χ1) is 12.5. The number of halogens is 1. The van der Waals surface area contributed by atoms with Gasteiger partial charge in [0.1, 0.15) is 12.4 Å². The molecule has 1 aromatic heterocycles. The Balaban J connectivity index is 1.86. The Morgan fingerprint density at radius 1 is 1.15 bits per heavy atom. The van der Waals surface area contributed by atoms with Crippen LogP contribution in [0, 0.1) is 0 Å². The molecule has 0 spiro atoms. The van der Waals surface area contributed by atoms with Gasteiger partial charge in [-0.05, 0) is 24.6 Å². The molecule has 1 aromatic carbocycles. The van der Waals surface area contributed by atoms with Gasteiger partial charge < -0.3 is 19.4 Å². The lowest BCUT2D eigenvalue weighted by atomic mass is 10.0. The molecule has 26 heavy (non-hydrogen) atoms. The zero-order chi connectivity index (χ0) is 18.7. The average molecular weight is 375 g/mol. The van der Waals surface area contributed by atoms with E-state index in [0.29, 0.717) is 44.2 Å². The lowest BCUT2D eigenvalue weighted by Crippen LogP contribution is -2.39. The number of allylic oxidation sites excluding steroid dienone is 1.